The van der Waals surface area contributed by atoms with Gasteiger partial charge in [0, 0.05) is 17.6 Å². The summed E-state index contributed by atoms with van der Waals surface area (Å²) < 4.78 is 47.6. The van der Waals surface area contributed by atoms with Crippen LogP contribution in [0.2, 0.25) is 5.02 Å². The van der Waals surface area contributed by atoms with Crippen LogP contribution in [-0.4, -0.2) is 50.9 Å². The van der Waals surface area contributed by atoms with Crippen LogP contribution in [0.25, 0.3) is 0 Å². The van der Waals surface area contributed by atoms with Gasteiger partial charge >= 0.3 is 0 Å². The standard InChI is InChI=1S/C31H35ClFN3O5S/c1-22(31(38)34-26-8-4-3-5-9-26)35(20-23-11-13-25(33)14-12-23)30(37)21-36(27-10-6-7-24(32)19-27)42(39,40)29-17-15-28(41-2)16-18-29/h6-7,10-19,22,26H,3-5,8-9,20-21H2,1-2H3,(H,34,38)/t22-/m1/s1. The Morgan fingerprint density at radius 2 is 1.69 bits per heavy atom. The predicted octanol–water partition coefficient (Wildman–Crippen LogP) is 5.55. The first-order chi connectivity index (χ1) is 20.1. The summed E-state index contributed by atoms with van der Waals surface area (Å²) >= 11 is 6.21. The number of carbonyl (C=O) groups is 2. The van der Waals surface area contributed by atoms with E-state index in [0.29, 0.717) is 16.3 Å². The lowest BCUT2D eigenvalue weighted by Crippen LogP contribution is -2.53. The average Bonchev–Trinajstić information content (AvgIpc) is 2.99. The number of ether oxygens (including phenoxy) is 1. The number of sulfonamides is 1. The van der Waals surface area contributed by atoms with Crippen molar-refractivity contribution in [3.63, 3.8) is 0 Å². The third-order valence-corrected chi connectivity index (χ3v) is 9.43. The fraction of sp³-hybridized carbons (Fsp3) is 0.355. The van der Waals surface area contributed by atoms with Crippen LogP contribution < -0.4 is 14.4 Å². The van der Waals surface area contributed by atoms with Gasteiger partial charge in [-0.15, -0.1) is 0 Å². The summed E-state index contributed by atoms with van der Waals surface area (Å²) in [5.41, 5.74) is 0.780. The van der Waals surface area contributed by atoms with E-state index in [1.165, 1.54) is 66.6 Å². The van der Waals surface area contributed by atoms with Crippen molar-refractivity contribution >= 4 is 39.1 Å². The molecule has 11 heteroatoms. The highest BCUT2D eigenvalue weighted by Gasteiger charge is 2.33. The molecule has 224 valence electrons. The zero-order valence-corrected chi connectivity index (χ0v) is 25.2. The quantitative estimate of drug-likeness (QED) is 0.305. The number of benzene rings is 3. The molecule has 3 aromatic rings. The molecule has 0 spiro atoms. The smallest absolute Gasteiger partial charge is 0.264 e. The highest BCUT2D eigenvalue weighted by molar-refractivity contribution is 7.92. The molecule has 1 saturated carbocycles. The number of nitrogens with zero attached hydrogens (tertiary/aromatic N) is 2. The maximum atomic E-state index is 14.0. The van der Waals surface area contributed by atoms with Crippen molar-refractivity contribution in [1.29, 1.82) is 0 Å². The Hall–Kier alpha value is -3.63. The minimum Gasteiger partial charge on any atom is -0.497 e. The molecule has 0 radical (unpaired) electrons. The van der Waals surface area contributed by atoms with Crippen LogP contribution in [0.15, 0.2) is 77.7 Å². The molecule has 0 aromatic heterocycles. The average molecular weight is 616 g/mol. The molecule has 1 fully saturated rings. The molecule has 42 heavy (non-hydrogen) atoms. The number of methoxy groups -OCH3 is 1. The van der Waals surface area contributed by atoms with Crippen LogP contribution in [0.5, 0.6) is 5.75 Å². The van der Waals surface area contributed by atoms with Crippen molar-refractivity contribution in [2.45, 2.75) is 62.6 Å². The van der Waals surface area contributed by atoms with Crippen molar-refractivity contribution in [3.8, 4) is 5.75 Å². The molecule has 1 atom stereocenters. The molecule has 0 saturated heterocycles. The van der Waals surface area contributed by atoms with Crippen molar-refractivity contribution in [2.75, 3.05) is 18.0 Å². The van der Waals surface area contributed by atoms with Crippen molar-refractivity contribution in [1.82, 2.24) is 10.2 Å². The van der Waals surface area contributed by atoms with Crippen LogP contribution in [0.3, 0.4) is 0 Å². The van der Waals surface area contributed by atoms with E-state index in [1.807, 2.05) is 0 Å². The second-order valence-electron chi connectivity index (χ2n) is 10.3. The molecule has 1 aliphatic rings. The van der Waals surface area contributed by atoms with E-state index in [9.17, 15) is 22.4 Å². The number of hydrogen-bond donors (Lipinski definition) is 1. The van der Waals surface area contributed by atoms with Gasteiger partial charge in [0.15, 0.2) is 0 Å². The number of anilines is 1. The summed E-state index contributed by atoms with van der Waals surface area (Å²) in [6.07, 6.45) is 4.91. The number of hydrogen-bond acceptors (Lipinski definition) is 5. The van der Waals surface area contributed by atoms with E-state index in [0.717, 1.165) is 36.4 Å². The van der Waals surface area contributed by atoms with E-state index in [1.54, 1.807) is 25.1 Å². The van der Waals surface area contributed by atoms with E-state index >= 15 is 0 Å². The van der Waals surface area contributed by atoms with Gasteiger partial charge in [-0.05, 0) is 79.9 Å². The van der Waals surface area contributed by atoms with Crippen LogP contribution in [0, 0.1) is 5.82 Å². The minimum atomic E-state index is -4.25. The second kappa shape index (κ2) is 14.0. The molecular formula is C31H35ClFN3O5S. The summed E-state index contributed by atoms with van der Waals surface area (Å²) in [5, 5.41) is 3.34. The van der Waals surface area contributed by atoms with Gasteiger partial charge < -0.3 is 15.0 Å². The molecule has 1 N–H and O–H groups in total. The summed E-state index contributed by atoms with van der Waals surface area (Å²) in [7, 11) is -2.78. The minimum absolute atomic E-state index is 0.0230. The lowest BCUT2D eigenvalue weighted by atomic mass is 9.95. The van der Waals surface area contributed by atoms with Crippen LogP contribution in [0.4, 0.5) is 10.1 Å². The van der Waals surface area contributed by atoms with Gasteiger partial charge in [-0.3, -0.25) is 13.9 Å². The maximum Gasteiger partial charge on any atom is 0.264 e. The molecular weight excluding hydrogens is 581 g/mol. The normalized spacial score (nSPS) is 14.6. The molecule has 3 aromatic carbocycles. The molecule has 8 nitrogen and oxygen atoms in total. The van der Waals surface area contributed by atoms with Crippen molar-refractivity contribution < 1.29 is 27.1 Å². The zero-order chi connectivity index (χ0) is 30.3. The SMILES string of the molecule is COc1ccc(S(=O)(=O)N(CC(=O)N(Cc2ccc(F)cc2)[C@H](C)C(=O)NC2CCCCC2)c2cccc(Cl)c2)cc1. The van der Waals surface area contributed by atoms with Gasteiger partial charge in [-0.1, -0.05) is 49.1 Å². The van der Waals surface area contributed by atoms with E-state index in [-0.39, 0.29) is 29.1 Å². The lowest BCUT2D eigenvalue weighted by Gasteiger charge is -2.33. The van der Waals surface area contributed by atoms with Gasteiger partial charge in [0.25, 0.3) is 10.0 Å². The van der Waals surface area contributed by atoms with Gasteiger partial charge in [-0.25, -0.2) is 12.8 Å². The summed E-state index contributed by atoms with van der Waals surface area (Å²) in [5.74, 6) is -0.896. The van der Waals surface area contributed by atoms with E-state index in [2.05, 4.69) is 5.32 Å². The number of nitrogens with one attached hydrogen (secondary N) is 1. The van der Waals surface area contributed by atoms with Crippen molar-refractivity contribution in [3.05, 3.63) is 89.2 Å². The first-order valence-corrected chi connectivity index (χ1v) is 15.7. The summed E-state index contributed by atoms with van der Waals surface area (Å²) in [4.78, 5) is 28.6. The Kier molecular flexibility index (Phi) is 10.5. The third kappa shape index (κ3) is 7.80. The summed E-state index contributed by atoms with van der Waals surface area (Å²) in [6.45, 7) is 0.989. The molecule has 0 bridgehead atoms. The topological polar surface area (TPSA) is 96.0 Å². The van der Waals surface area contributed by atoms with Crippen LogP contribution >= 0.6 is 11.6 Å². The molecule has 4 rings (SSSR count). The Labute approximate surface area is 251 Å². The second-order valence-corrected chi connectivity index (χ2v) is 12.6. The van der Waals surface area contributed by atoms with Gasteiger partial charge in [-0.2, -0.15) is 0 Å². The van der Waals surface area contributed by atoms with E-state index in [4.69, 9.17) is 16.3 Å². The Balaban J connectivity index is 1.67. The van der Waals surface area contributed by atoms with Gasteiger partial charge in [0.05, 0.1) is 17.7 Å². The highest BCUT2D eigenvalue weighted by atomic mass is 35.5. The Bertz CT molecular complexity index is 1480. The monoisotopic (exact) mass is 615 g/mol. The van der Waals surface area contributed by atoms with Crippen LogP contribution in [-0.2, 0) is 26.2 Å². The Morgan fingerprint density at radius 1 is 1.02 bits per heavy atom. The van der Waals surface area contributed by atoms with Crippen molar-refractivity contribution in [2.24, 2.45) is 0 Å². The maximum absolute atomic E-state index is 14.0. The van der Waals surface area contributed by atoms with Crippen LogP contribution in [0.1, 0.15) is 44.6 Å². The molecule has 1 aliphatic carbocycles. The zero-order valence-electron chi connectivity index (χ0n) is 23.6. The van der Waals surface area contributed by atoms with E-state index < -0.39 is 34.3 Å². The fourth-order valence-corrected chi connectivity index (χ4v) is 6.56. The first-order valence-electron chi connectivity index (χ1n) is 13.8. The summed E-state index contributed by atoms with van der Waals surface area (Å²) in [6, 6.07) is 16.7. The van der Waals surface area contributed by atoms with Gasteiger partial charge in [0.1, 0.15) is 24.2 Å². The lowest BCUT2D eigenvalue weighted by molar-refractivity contribution is -0.139. The number of halogens is 2. The fourth-order valence-electron chi connectivity index (χ4n) is 4.97. The molecule has 2 amide bonds. The largest absolute Gasteiger partial charge is 0.497 e. The highest BCUT2D eigenvalue weighted by Crippen LogP contribution is 2.28. The first kappa shape index (κ1) is 31.3. The number of amides is 2. The number of carbonyl (C=O) groups excluding carboxylic acids is 2. The molecule has 0 aliphatic heterocycles. The van der Waals surface area contributed by atoms with Gasteiger partial charge in [0.2, 0.25) is 11.8 Å². The molecule has 0 unspecified atom stereocenters. The predicted molar refractivity (Wildman–Crippen MR) is 160 cm³/mol. The number of rotatable bonds is 11. The molecule has 0 heterocycles. The Morgan fingerprint density at radius 3 is 2.31 bits per heavy atom. The third-order valence-electron chi connectivity index (χ3n) is 7.41.